The molecule has 1 aromatic rings. The SMILES string of the molecule is COC(=O)c1ccccc1CC[Si]. The van der Waals surface area contributed by atoms with Gasteiger partial charge in [0.25, 0.3) is 0 Å². The van der Waals surface area contributed by atoms with E-state index in [0.717, 1.165) is 18.0 Å². The highest BCUT2D eigenvalue weighted by Gasteiger charge is 2.09. The molecule has 67 valence electrons. The molecule has 0 aromatic heterocycles. The molecule has 0 aliphatic carbocycles. The van der Waals surface area contributed by atoms with Crippen LogP contribution in [-0.4, -0.2) is 23.3 Å². The Morgan fingerprint density at radius 2 is 2.15 bits per heavy atom. The Balaban J connectivity index is 2.97. The summed E-state index contributed by atoms with van der Waals surface area (Å²) >= 11 is 0. The van der Waals surface area contributed by atoms with Gasteiger partial charge in [0.2, 0.25) is 0 Å². The lowest BCUT2D eigenvalue weighted by Gasteiger charge is -2.05. The number of ether oxygens (including phenoxy) is 1. The van der Waals surface area contributed by atoms with Crippen molar-refractivity contribution < 1.29 is 9.53 Å². The second kappa shape index (κ2) is 4.82. The molecule has 3 heteroatoms. The van der Waals surface area contributed by atoms with Crippen LogP contribution in [0.3, 0.4) is 0 Å². The van der Waals surface area contributed by atoms with Crippen molar-refractivity contribution in [3.8, 4) is 0 Å². The van der Waals surface area contributed by atoms with Crippen LogP contribution in [0.25, 0.3) is 0 Å². The molecule has 0 heterocycles. The first-order chi connectivity index (χ1) is 6.29. The summed E-state index contributed by atoms with van der Waals surface area (Å²) in [4.78, 5) is 11.3. The number of hydrogen-bond donors (Lipinski definition) is 0. The van der Waals surface area contributed by atoms with E-state index in [9.17, 15) is 4.79 Å². The highest BCUT2D eigenvalue weighted by atomic mass is 28.1. The van der Waals surface area contributed by atoms with Gasteiger partial charge < -0.3 is 4.74 Å². The Bertz CT molecular complexity index is 297. The molecule has 0 saturated heterocycles. The first-order valence-corrected chi connectivity index (χ1v) is 4.81. The summed E-state index contributed by atoms with van der Waals surface area (Å²) in [5.41, 5.74) is 1.67. The van der Waals surface area contributed by atoms with Crippen molar-refractivity contribution in [2.45, 2.75) is 12.5 Å². The molecule has 0 N–H and O–H groups in total. The molecule has 1 rings (SSSR count). The van der Waals surface area contributed by atoms with Crippen LogP contribution in [0.5, 0.6) is 0 Å². The molecule has 0 bridgehead atoms. The fourth-order valence-corrected chi connectivity index (χ4v) is 1.45. The number of methoxy groups -OCH3 is 1. The van der Waals surface area contributed by atoms with Crippen LogP contribution in [0.15, 0.2) is 24.3 Å². The molecule has 0 spiro atoms. The highest BCUT2D eigenvalue weighted by Crippen LogP contribution is 2.11. The van der Waals surface area contributed by atoms with Crippen molar-refractivity contribution in [3.63, 3.8) is 0 Å². The maximum Gasteiger partial charge on any atom is 0.338 e. The molecular weight excluding hydrogens is 180 g/mol. The zero-order valence-corrected chi connectivity index (χ0v) is 8.54. The number of hydrogen-bond acceptors (Lipinski definition) is 2. The topological polar surface area (TPSA) is 26.3 Å². The summed E-state index contributed by atoms with van der Waals surface area (Å²) in [6.07, 6.45) is 0.835. The van der Waals surface area contributed by atoms with E-state index in [0.29, 0.717) is 5.56 Å². The van der Waals surface area contributed by atoms with Gasteiger partial charge in [-0.05, 0) is 18.1 Å². The molecule has 2 nitrogen and oxygen atoms in total. The van der Waals surface area contributed by atoms with E-state index in [4.69, 9.17) is 0 Å². The average molecular weight is 191 g/mol. The summed E-state index contributed by atoms with van der Waals surface area (Å²) in [5, 5.41) is 0. The van der Waals surface area contributed by atoms with E-state index in [1.807, 2.05) is 18.2 Å². The zero-order chi connectivity index (χ0) is 9.68. The molecule has 13 heavy (non-hydrogen) atoms. The third-order valence-electron chi connectivity index (χ3n) is 1.82. The molecule has 0 atom stereocenters. The lowest BCUT2D eigenvalue weighted by molar-refractivity contribution is 0.0599. The van der Waals surface area contributed by atoms with Gasteiger partial charge in [0.15, 0.2) is 0 Å². The minimum atomic E-state index is -0.268. The largest absolute Gasteiger partial charge is 0.465 e. The minimum absolute atomic E-state index is 0.268. The minimum Gasteiger partial charge on any atom is -0.465 e. The summed E-state index contributed by atoms with van der Waals surface area (Å²) in [6.45, 7) is 0. The molecule has 0 fully saturated rings. The predicted octanol–water partition coefficient (Wildman–Crippen LogP) is 1.60. The molecule has 3 radical (unpaired) electrons. The van der Waals surface area contributed by atoms with E-state index >= 15 is 0 Å². The molecule has 0 saturated carbocycles. The second-order valence-corrected chi connectivity index (χ2v) is 3.15. The molecule has 0 unspecified atom stereocenters. The fourth-order valence-electron chi connectivity index (χ4n) is 1.18. The maximum atomic E-state index is 11.3. The third-order valence-corrected chi connectivity index (χ3v) is 2.07. The van der Waals surface area contributed by atoms with Crippen molar-refractivity contribution in [3.05, 3.63) is 35.4 Å². The van der Waals surface area contributed by atoms with E-state index in [2.05, 4.69) is 15.0 Å². The smallest absolute Gasteiger partial charge is 0.338 e. The zero-order valence-electron chi connectivity index (χ0n) is 7.54. The lowest BCUT2D eigenvalue weighted by atomic mass is 10.1. The van der Waals surface area contributed by atoms with Gasteiger partial charge in [0, 0.05) is 10.2 Å². The van der Waals surface area contributed by atoms with Gasteiger partial charge in [-0.25, -0.2) is 4.79 Å². The van der Waals surface area contributed by atoms with Crippen LogP contribution in [-0.2, 0) is 11.2 Å². The highest BCUT2D eigenvalue weighted by molar-refractivity contribution is 6.08. The van der Waals surface area contributed by atoms with E-state index in [-0.39, 0.29) is 5.97 Å². The predicted molar refractivity (Wildman–Crippen MR) is 52.0 cm³/mol. The van der Waals surface area contributed by atoms with Crippen LogP contribution in [0, 0.1) is 0 Å². The van der Waals surface area contributed by atoms with Gasteiger partial charge in [0.1, 0.15) is 0 Å². The number of carbonyl (C=O) groups is 1. The summed E-state index contributed by atoms with van der Waals surface area (Å²) in [7, 11) is 4.78. The van der Waals surface area contributed by atoms with E-state index in [1.165, 1.54) is 7.11 Å². The van der Waals surface area contributed by atoms with Gasteiger partial charge in [-0.3, -0.25) is 0 Å². The molecule has 0 aliphatic rings. The van der Waals surface area contributed by atoms with Crippen LogP contribution in [0.4, 0.5) is 0 Å². The summed E-state index contributed by atoms with van der Waals surface area (Å²) in [6, 6.07) is 8.32. The number of esters is 1. The van der Waals surface area contributed by atoms with Crippen LogP contribution in [0.1, 0.15) is 15.9 Å². The normalized spacial score (nSPS) is 9.69. The van der Waals surface area contributed by atoms with Crippen LogP contribution in [0.2, 0.25) is 6.04 Å². The van der Waals surface area contributed by atoms with E-state index < -0.39 is 0 Å². The number of aryl methyl sites for hydroxylation is 1. The van der Waals surface area contributed by atoms with Gasteiger partial charge in [-0.1, -0.05) is 24.2 Å². The first-order valence-electron chi connectivity index (χ1n) is 4.10. The fraction of sp³-hybridized carbons (Fsp3) is 0.300. The maximum absolute atomic E-state index is 11.3. The number of rotatable bonds is 3. The molecule has 0 amide bonds. The second-order valence-electron chi connectivity index (χ2n) is 2.65. The Morgan fingerprint density at radius 3 is 2.77 bits per heavy atom. The number of carbonyl (C=O) groups excluding carboxylic acids is 1. The van der Waals surface area contributed by atoms with Crippen molar-refractivity contribution in [1.82, 2.24) is 0 Å². The Hall–Kier alpha value is -1.09. The molecular formula is C10H11O2Si. The summed E-state index contributed by atoms with van der Waals surface area (Å²) < 4.78 is 4.67. The van der Waals surface area contributed by atoms with E-state index in [1.54, 1.807) is 6.07 Å². The Morgan fingerprint density at radius 1 is 1.46 bits per heavy atom. The quantitative estimate of drug-likeness (QED) is 0.536. The first kappa shape index (κ1) is 9.99. The van der Waals surface area contributed by atoms with Crippen molar-refractivity contribution in [2.75, 3.05) is 7.11 Å². The van der Waals surface area contributed by atoms with Gasteiger partial charge >= 0.3 is 5.97 Å². The van der Waals surface area contributed by atoms with Crippen molar-refractivity contribution >= 4 is 16.2 Å². The monoisotopic (exact) mass is 191 g/mol. The van der Waals surface area contributed by atoms with Crippen LogP contribution >= 0.6 is 0 Å². The van der Waals surface area contributed by atoms with Gasteiger partial charge in [-0.2, -0.15) is 0 Å². The Kier molecular flexibility index (Phi) is 3.70. The van der Waals surface area contributed by atoms with Gasteiger partial charge in [0.05, 0.1) is 12.7 Å². The average Bonchev–Trinajstić information content (AvgIpc) is 2.18. The number of benzene rings is 1. The third kappa shape index (κ3) is 2.42. The lowest BCUT2D eigenvalue weighted by Crippen LogP contribution is -2.05. The van der Waals surface area contributed by atoms with Crippen molar-refractivity contribution in [2.24, 2.45) is 0 Å². The van der Waals surface area contributed by atoms with Gasteiger partial charge in [-0.15, -0.1) is 0 Å². The standard InChI is InChI=1S/C10H11O2Si/c1-12-10(11)9-5-3-2-4-8(9)6-7-13/h2-5H,6-7H2,1H3. The van der Waals surface area contributed by atoms with Crippen LogP contribution < -0.4 is 0 Å². The summed E-state index contributed by atoms with van der Waals surface area (Å²) in [5.74, 6) is -0.268. The van der Waals surface area contributed by atoms with Crippen molar-refractivity contribution in [1.29, 1.82) is 0 Å². The molecule has 1 aromatic carbocycles. The molecule has 0 aliphatic heterocycles. The Labute approximate surface area is 81.3 Å².